The lowest BCUT2D eigenvalue weighted by Gasteiger charge is -2.40. The van der Waals surface area contributed by atoms with E-state index in [2.05, 4.69) is 6.07 Å². The van der Waals surface area contributed by atoms with Crippen LogP contribution in [0.4, 0.5) is 0 Å². The molecule has 1 aliphatic rings. The van der Waals surface area contributed by atoms with Crippen molar-refractivity contribution < 1.29 is 14.7 Å². The molecule has 0 amide bonds. The Hall–Kier alpha value is -2.93. The summed E-state index contributed by atoms with van der Waals surface area (Å²) in [5, 5.41) is 19.8. The van der Waals surface area contributed by atoms with Gasteiger partial charge in [0.05, 0.1) is 11.5 Å². The summed E-state index contributed by atoms with van der Waals surface area (Å²) in [4.78, 5) is 25.2. The van der Waals surface area contributed by atoms with Crippen molar-refractivity contribution in [2.24, 2.45) is 5.41 Å². The van der Waals surface area contributed by atoms with Gasteiger partial charge in [-0.1, -0.05) is 48.5 Å². The Kier molecular flexibility index (Phi) is 4.89. The third kappa shape index (κ3) is 3.14. The lowest BCUT2D eigenvalue weighted by atomic mass is 9.59. The minimum atomic E-state index is -1.46. The van der Waals surface area contributed by atoms with E-state index in [1.54, 1.807) is 30.3 Å². The Balaban J connectivity index is 1.94. The second-order valence-electron chi connectivity index (χ2n) is 7.58. The summed E-state index contributed by atoms with van der Waals surface area (Å²) >= 11 is 0. The number of nitrogens with zero attached hydrogens (tertiary/aromatic N) is 1. The number of ketones is 1. The number of carboxylic acid groups (broad SMARTS) is 1. The standard InChI is InChI=1S/C23H23NO3/c1-16-8-9-19(14-17(16)2)22(15-24)10-12-23(13-11-22,21(26)27)20(25)18-6-4-3-5-7-18/h3-9,14H,10-13H2,1-2H3,(H,26,27). The van der Waals surface area contributed by atoms with Crippen LogP contribution in [0.15, 0.2) is 48.5 Å². The van der Waals surface area contributed by atoms with Gasteiger partial charge in [-0.3, -0.25) is 9.59 Å². The Morgan fingerprint density at radius 1 is 0.963 bits per heavy atom. The molecule has 2 aromatic rings. The number of nitriles is 1. The smallest absolute Gasteiger partial charge is 0.317 e. The number of benzene rings is 2. The van der Waals surface area contributed by atoms with Crippen LogP contribution < -0.4 is 0 Å². The van der Waals surface area contributed by atoms with E-state index in [0.717, 1.165) is 16.7 Å². The average molecular weight is 361 g/mol. The molecule has 2 aromatic carbocycles. The number of carboxylic acids is 1. The van der Waals surface area contributed by atoms with Crippen molar-refractivity contribution in [1.29, 1.82) is 5.26 Å². The molecule has 4 heteroatoms. The van der Waals surface area contributed by atoms with Crippen LogP contribution in [-0.2, 0) is 10.2 Å². The fourth-order valence-electron chi connectivity index (χ4n) is 4.01. The van der Waals surface area contributed by atoms with Crippen LogP contribution in [0.2, 0.25) is 0 Å². The number of Topliss-reactive ketones (excluding diaryl/α,β-unsaturated/α-hetero) is 1. The maximum Gasteiger partial charge on any atom is 0.317 e. The second kappa shape index (κ2) is 7.00. The number of carbonyl (C=O) groups is 2. The van der Waals surface area contributed by atoms with Gasteiger partial charge in [-0.25, -0.2) is 0 Å². The monoisotopic (exact) mass is 361 g/mol. The summed E-state index contributed by atoms with van der Waals surface area (Å²) in [6.45, 7) is 4.03. The fraction of sp³-hybridized carbons (Fsp3) is 0.348. The van der Waals surface area contributed by atoms with Crippen LogP contribution >= 0.6 is 0 Å². The van der Waals surface area contributed by atoms with Gasteiger partial charge in [0.1, 0.15) is 5.41 Å². The van der Waals surface area contributed by atoms with E-state index < -0.39 is 16.8 Å². The summed E-state index contributed by atoms with van der Waals surface area (Å²) in [5.74, 6) is -1.45. The predicted molar refractivity (Wildman–Crippen MR) is 103 cm³/mol. The van der Waals surface area contributed by atoms with Crippen molar-refractivity contribution in [1.82, 2.24) is 0 Å². The van der Waals surface area contributed by atoms with Crippen LogP contribution in [0.3, 0.4) is 0 Å². The Morgan fingerprint density at radius 3 is 2.11 bits per heavy atom. The van der Waals surface area contributed by atoms with E-state index in [9.17, 15) is 20.0 Å². The summed E-state index contributed by atoms with van der Waals surface area (Å²) in [5.41, 5.74) is 1.39. The van der Waals surface area contributed by atoms with Gasteiger partial charge < -0.3 is 5.11 Å². The number of carbonyl (C=O) groups excluding carboxylic acids is 1. The lowest BCUT2D eigenvalue weighted by Crippen LogP contribution is -2.46. The molecule has 1 saturated carbocycles. The average Bonchev–Trinajstić information content (AvgIpc) is 2.70. The molecule has 4 nitrogen and oxygen atoms in total. The minimum absolute atomic E-state index is 0.163. The molecule has 0 aromatic heterocycles. The molecule has 0 saturated heterocycles. The van der Waals surface area contributed by atoms with Crippen molar-refractivity contribution >= 4 is 11.8 Å². The maximum absolute atomic E-state index is 13.0. The number of aryl methyl sites for hydroxylation is 2. The predicted octanol–water partition coefficient (Wildman–Crippen LogP) is 4.59. The van der Waals surface area contributed by atoms with E-state index in [1.165, 1.54) is 0 Å². The fourth-order valence-corrected chi connectivity index (χ4v) is 4.01. The van der Waals surface area contributed by atoms with Gasteiger partial charge in [0, 0.05) is 5.56 Å². The number of rotatable bonds is 4. The van der Waals surface area contributed by atoms with Gasteiger partial charge in [-0.05, 0) is 56.2 Å². The van der Waals surface area contributed by atoms with Crippen LogP contribution in [0.5, 0.6) is 0 Å². The van der Waals surface area contributed by atoms with Gasteiger partial charge in [0.2, 0.25) is 0 Å². The third-order valence-corrected chi connectivity index (χ3v) is 6.11. The number of aliphatic carboxylic acids is 1. The topological polar surface area (TPSA) is 78.2 Å². The Labute approximate surface area is 159 Å². The van der Waals surface area contributed by atoms with Gasteiger partial charge in [-0.2, -0.15) is 5.26 Å². The molecule has 0 aliphatic heterocycles. The zero-order valence-corrected chi connectivity index (χ0v) is 15.7. The molecule has 0 heterocycles. The largest absolute Gasteiger partial charge is 0.480 e. The summed E-state index contributed by atoms with van der Waals surface area (Å²) < 4.78 is 0. The highest BCUT2D eigenvalue weighted by Crippen LogP contribution is 2.48. The first-order chi connectivity index (χ1) is 12.8. The number of hydrogen-bond acceptors (Lipinski definition) is 3. The molecule has 0 unspecified atom stereocenters. The van der Waals surface area contributed by atoms with Gasteiger partial charge in [0.25, 0.3) is 0 Å². The molecular formula is C23H23NO3. The van der Waals surface area contributed by atoms with E-state index >= 15 is 0 Å². The van der Waals surface area contributed by atoms with Crippen molar-refractivity contribution in [2.75, 3.05) is 0 Å². The zero-order chi connectivity index (χ0) is 19.7. The number of hydrogen-bond donors (Lipinski definition) is 1. The first-order valence-corrected chi connectivity index (χ1v) is 9.17. The van der Waals surface area contributed by atoms with Gasteiger partial charge in [0.15, 0.2) is 5.78 Å². The molecule has 0 bridgehead atoms. The van der Waals surface area contributed by atoms with Crippen LogP contribution in [0, 0.1) is 30.6 Å². The van der Waals surface area contributed by atoms with Crippen molar-refractivity contribution in [2.45, 2.75) is 44.9 Å². The molecule has 0 radical (unpaired) electrons. The molecule has 1 fully saturated rings. The third-order valence-electron chi connectivity index (χ3n) is 6.11. The maximum atomic E-state index is 13.0. The first kappa shape index (κ1) is 18.8. The zero-order valence-electron chi connectivity index (χ0n) is 15.7. The molecule has 0 atom stereocenters. The summed E-state index contributed by atoms with van der Waals surface area (Å²) in [6, 6.07) is 17.0. The van der Waals surface area contributed by atoms with Crippen molar-refractivity contribution in [3.8, 4) is 6.07 Å². The first-order valence-electron chi connectivity index (χ1n) is 9.17. The van der Waals surface area contributed by atoms with E-state index in [-0.39, 0.29) is 18.6 Å². The molecule has 1 N–H and O–H groups in total. The van der Waals surface area contributed by atoms with Crippen LogP contribution in [-0.4, -0.2) is 16.9 Å². The Morgan fingerprint density at radius 2 is 1.59 bits per heavy atom. The van der Waals surface area contributed by atoms with Crippen LogP contribution in [0.25, 0.3) is 0 Å². The van der Waals surface area contributed by atoms with E-state index in [4.69, 9.17) is 0 Å². The van der Waals surface area contributed by atoms with Crippen LogP contribution in [0.1, 0.15) is 52.7 Å². The SMILES string of the molecule is Cc1ccc(C2(C#N)CCC(C(=O)O)(C(=O)c3ccccc3)CC2)cc1C. The van der Waals surface area contributed by atoms with Gasteiger partial charge in [-0.15, -0.1) is 0 Å². The van der Waals surface area contributed by atoms with Gasteiger partial charge >= 0.3 is 5.97 Å². The summed E-state index contributed by atoms with van der Waals surface area (Å²) in [6.07, 6.45) is 1.04. The van der Waals surface area contributed by atoms with E-state index in [0.29, 0.717) is 18.4 Å². The molecule has 1 aliphatic carbocycles. The highest BCUT2D eigenvalue weighted by Gasteiger charge is 2.52. The molecule has 0 spiro atoms. The molecular weight excluding hydrogens is 338 g/mol. The quantitative estimate of drug-likeness (QED) is 0.638. The molecule has 27 heavy (non-hydrogen) atoms. The minimum Gasteiger partial charge on any atom is -0.480 e. The van der Waals surface area contributed by atoms with E-state index in [1.807, 2.05) is 32.0 Å². The molecule has 3 rings (SSSR count). The summed E-state index contributed by atoms with van der Waals surface area (Å²) in [7, 11) is 0. The Bertz CT molecular complexity index is 916. The van der Waals surface area contributed by atoms with Crippen molar-refractivity contribution in [3.63, 3.8) is 0 Å². The highest BCUT2D eigenvalue weighted by molar-refractivity contribution is 6.12. The highest BCUT2D eigenvalue weighted by atomic mass is 16.4. The molecule has 138 valence electrons. The van der Waals surface area contributed by atoms with Crippen molar-refractivity contribution in [3.05, 3.63) is 70.8 Å². The normalized spacial score (nSPS) is 24.8. The lowest BCUT2D eigenvalue weighted by molar-refractivity contribution is -0.148. The second-order valence-corrected chi connectivity index (χ2v) is 7.58.